The highest BCUT2D eigenvalue weighted by atomic mass is 35.5. The van der Waals surface area contributed by atoms with Crippen LogP contribution in [-0.4, -0.2) is 25.5 Å². The van der Waals surface area contributed by atoms with E-state index >= 15 is 0 Å². The van der Waals surface area contributed by atoms with Crippen LogP contribution in [0.5, 0.6) is 0 Å². The number of hydrogen-bond acceptors (Lipinski definition) is 3. The zero-order chi connectivity index (χ0) is 9.14. The fourth-order valence-corrected chi connectivity index (χ4v) is 2.38. The van der Waals surface area contributed by atoms with Crippen LogP contribution in [0.1, 0.15) is 10.9 Å². The third-order valence-corrected chi connectivity index (χ3v) is 3.14. The molecule has 2 N–H and O–H groups in total. The van der Waals surface area contributed by atoms with Crippen LogP contribution < -0.4 is 5.73 Å². The second-order valence-corrected chi connectivity index (χ2v) is 4.26. The van der Waals surface area contributed by atoms with Gasteiger partial charge in [0.1, 0.15) is 0 Å². The zero-order valence-corrected chi connectivity index (χ0v) is 8.82. The Balaban J connectivity index is 2.80. The van der Waals surface area contributed by atoms with Crippen LogP contribution in [0, 0.1) is 0 Å². The number of halogens is 1. The summed E-state index contributed by atoms with van der Waals surface area (Å²) < 4.78 is 0. The number of nitrogens with zero attached hydrogens (tertiary/aromatic N) is 1. The van der Waals surface area contributed by atoms with Crippen LogP contribution in [0.25, 0.3) is 0 Å². The normalized spacial score (nSPS) is 13.8. The zero-order valence-electron chi connectivity index (χ0n) is 7.25. The van der Waals surface area contributed by atoms with Gasteiger partial charge in [0.05, 0.1) is 11.1 Å². The quantitative estimate of drug-likeness (QED) is 0.816. The first kappa shape index (κ1) is 9.99. The predicted molar refractivity (Wildman–Crippen MR) is 54.8 cm³/mol. The van der Waals surface area contributed by atoms with Gasteiger partial charge in [-0.15, -0.1) is 11.3 Å². The monoisotopic (exact) mass is 204 g/mol. The van der Waals surface area contributed by atoms with Crippen molar-refractivity contribution >= 4 is 22.9 Å². The lowest BCUT2D eigenvalue weighted by Crippen LogP contribution is -2.26. The Bertz CT molecular complexity index is 247. The van der Waals surface area contributed by atoms with Crippen molar-refractivity contribution in [1.29, 1.82) is 0 Å². The lowest BCUT2D eigenvalue weighted by atomic mass is 10.2. The van der Waals surface area contributed by atoms with Crippen molar-refractivity contribution < 1.29 is 0 Å². The molecule has 1 atom stereocenters. The number of likely N-dealkylation sites (N-methyl/N-ethyl adjacent to an activating group) is 1. The van der Waals surface area contributed by atoms with E-state index in [0.717, 1.165) is 5.02 Å². The van der Waals surface area contributed by atoms with E-state index in [4.69, 9.17) is 17.3 Å². The molecule has 0 fully saturated rings. The van der Waals surface area contributed by atoms with Gasteiger partial charge in [-0.05, 0) is 20.2 Å². The molecule has 4 heteroatoms. The van der Waals surface area contributed by atoms with Crippen LogP contribution in [-0.2, 0) is 0 Å². The molecule has 0 amide bonds. The van der Waals surface area contributed by atoms with Crippen LogP contribution in [0.15, 0.2) is 11.4 Å². The Labute approximate surface area is 81.9 Å². The summed E-state index contributed by atoms with van der Waals surface area (Å²) in [5, 5.41) is 2.73. The molecule has 1 rings (SSSR count). The maximum Gasteiger partial charge on any atom is 0.0559 e. The van der Waals surface area contributed by atoms with Gasteiger partial charge in [0.15, 0.2) is 0 Å². The summed E-state index contributed by atoms with van der Waals surface area (Å²) in [5.74, 6) is 0. The largest absolute Gasteiger partial charge is 0.329 e. The molecule has 0 radical (unpaired) electrons. The van der Waals surface area contributed by atoms with E-state index in [1.54, 1.807) is 11.3 Å². The number of nitrogens with two attached hydrogens (primary N) is 1. The summed E-state index contributed by atoms with van der Waals surface area (Å²) in [6.07, 6.45) is 0. The van der Waals surface area contributed by atoms with Crippen molar-refractivity contribution in [3.8, 4) is 0 Å². The second-order valence-electron chi connectivity index (χ2n) is 2.88. The van der Waals surface area contributed by atoms with E-state index in [2.05, 4.69) is 4.90 Å². The molecule has 0 aliphatic rings. The van der Waals surface area contributed by atoms with Gasteiger partial charge >= 0.3 is 0 Å². The molecule has 0 spiro atoms. The molecule has 0 aliphatic heterocycles. The standard InChI is InChI=1S/C8H13ClN2S/c1-11(2)7(4-10)8-3-6(9)5-12-8/h3,5,7H,4,10H2,1-2H3/t7-/m1/s1. The molecule has 12 heavy (non-hydrogen) atoms. The van der Waals surface area contributed by atoms with Gasteiger partial charge in [-0.25, -0.2) is 0 Å². The Hall–Kier alpha value is -0.0900. The predicted octanol–water partition coefficient (Wildman–Crippen LogP) is 1.96. The molecule has 0 aromatic carbocycles. The Morgan fingerprint density at radius 3 is 2.67 bits per heavy atom. The van der Waals surface area contributed by atoms with Gasteiger partial charge < -0.3 is 10.6 Å². The highest BCUT2D eigenvalue weighted by Gasteiger charge is 2.13. The molecular formula is C8H13ClN2S. The third-order valence-electron chi connectivity index (χ3n) is 1.76. The van der Waals surface area contributed by atoms with Gasteiger partial charge in [0, 0.05) is 16.8 Å². The molecule has 1 aromatic rings. The van der Waals surface area contributed by atoms with E-state index in [9.17, 15) is 0 Å². The maximum absolute atomic E-state index is 5.82. The molecular weight excluding hydrogens is 192 g/mol. The van der Waals surface area contributed by atoms with Crippen LogP contribution in [0.3, 0.4) is 0 Å². The number of thiophene rings is 1. The van der Waals surface area contributed by atoms with Gasteiger partial charge in [-0.2, -0.15) is 0 Å². The highest BCUT2D eigenvalue weighted by Crippen LogP contribution is 2.26. The summed E-state index contributed by atoms with van der Waals surface area (Å²) in [6.45, 7) is 0.629. The summed E-state index contributed by atoms with van der Waals surface area (Å²) in [7, 11) is 4.04. The minimum absolute atomic E-state index is 0.294. The number of rotatable bonds is 3. The first-order chi connectivity index (χ1) is 5.65. The minimum atomic E-state index is 0.294. The van der Waals surface area contributed by atoms with Crippen molar-refractivity contribution in [3.63, 3.8) is 0 Å². The number of hydrogen-bond donors (Lipinski definition) is 1. The maximum atomic E-state index is 5.82. The molecule has 0 unspecified atom stereocenters. The SMILES string of the molecule is CN(C)[C@H](CN)c1cc(Cl)cs1. The average molecular weight is 205 g/mol. The molecule has 0 saturated carbocycles. The lowest BCUT2D eigenvalue weighted by Gasteiger charge is -2.20. The Kier molecular flexibility index (Phi) is 3.53. The summed E-state index contributed by atoms with van der Waals surface area (Å²) in [5.41, 5.74) is 5.64. The van der Waals surface area contributed by atoms with E-state index in [0.29, 0.717) is 12.6 Å². The van der Waals surface area contributed by atoms with E-state index < -0.39 is 0 Å². The van der Waals surface area contributed by atoms with Crippen molar-refractivity contribution in [1.82, 2.24) is 4.90 Å². The van der Waals surface area contributed by atoms with Crippen LogP contribution in [0.4, 0.5) is 0 Å². The Morgan fingerprint density at radius 1 is 1.67 bits per heavy atom. The molecule has 0 saturated heterocycles. The molecule has 1 aromatic heterocycles. The van der Waals surface area contributed by atoms with Crippen molar-refractivity contribution in [2.45, 2.75) is 6.04 Å². The molecule has 0 aliphatic carbocycles. The summed E-state index contributed by atoms with van der Waals surface area (Å²) in [6, 6.07) is 2.27. The first-order valence-electron chi connectivity index (χ1n) is 3.75. The van der Waals surface area contributed by atoms with Gasteiger partial charge in [0.25, 0.3) is 0 Å². The molecule has 68 valence electrons. The summed E-state index contributed by atoms with van der Waals surface area (Å²) >= 11 is 7.47. The van der Waals surface area contributed by atoms with E-state index in [1.165, 1.54) is 4.88 Å². The topological polar surface area (TPSA) is 29.3 Å². The highest BCUT2D eigenvalue weighted by molar-refractivity contribution is 7.10. The minimum Gasteiger partial charge on any atom is -0.329 e. The fourth-order valence-electron chi connectivity index (χ4n) is 1.08. The van der Waals surface area contributed by atoms with Crippen molar-refractivity contribution in [3.05, 3.63) is 21.3 Å². The first-order valence-corrected chi connectivity index (χ1v) is 5.01. The molecule has 0 bridgehead atoms. The molecule has 1 heterocycles. The fraction of sp³-hybridized carbons (Fsp3) is 0.500. The van der Waals surface area contributed by atoms with Crippen LogP contribution in [0.2, 0.25) is 5.02 Å². The van der Waals surface area contributed by atoms with Gasteiger partial charge in [0.2, 0.25) is 0 Å². The molecule has 2 nitrogen and oxygen atoms in total. The van der Waals surface area contributed by atoms with Crippen molar-refractivity contribution in [2.75, 3.05) is 20.6 Å². The van der Waals surface area contributed by atoms with E-state index in [-0.39, 0.29) is 0 Å². The lowest BCUT2D eigenvalue weighted by molar-refractivity contribution is 0.310. The smallest absolute Gasteiger partial charge is 0.0559 e. The van der Waals surface area contributed by atoms with Crippen LogP contribution >= 0.6 is 22.9 Å². The van der Waals surface area contributed by atoms with E-state index in [1.807, 2.05) is 25.5 Å². The van der Waals surface area contributed by atoms with Gasteiger partial charge in [-0.3, -0.25) is 0 Å². The third kappa shape index (κ3) is 2.20. The van der Waals surface area contributed by atoms with Gasteiger partial charge in [-0.1, -0.05) is 11.6 Å². The average Bonchev–Trinajstić information content (AvgIpc) is 2.37. The summed E-state index contributed by atoms with van der Waals surface area (Å²) in [4.78, 5) is 3.33. The Morgan fingerprint density at radius 2 is 2.33 bits per heavy atom. The van der Waals surface area contributed by atoms with Crippen molar-refractivity contribution in [2.24, 2.45) is 5.73 Å². The second kappa shape index (κ2) is 4.23.